The van der Waals surface area contributed by atoms with Gasteiger partial charge >= 0.3 is 0 Å². The van der Waals surface area contributed by atoms with Crippen molar-refractivity contribution in [3.8, 4) is 22.7 Å². The first-order valence-corrected chi connectivity index (χ1v) is 10.9. The second-order valence-corrected chi connectivity index (χ2v) is 7.68. The number of benzene rings is 3. The zero-order chi connectivity index (χ0) is 23.2. The highest BCUT2D eigenvalue weighted by Crippen LogP contribution is 2.33. The lowest BCUT2D eigenvalue weighted by molar-refractivity contribution is 0.130. The minimum atomic E-state index is -0.348. The minimum Gasteiger partial charge on any atom is -0.507 e. The summed E-state index contributed by atoms with van der Waals surface area (Å²) in [5.74, 6) is -0.0573. The van der Waals surface area contributed by atoms with E-state index in [1.807, 2.05) is 97.9 Å². The van der Waals surface area contributed by atoms with Gasteiger partial charge in [-0.05, 0) is 36.6 Å². The second-order valence-electron chi connectivity index (χ2n) is 7.68. The Hall–Kier alpha value is -4.12. The van der Waals surface area contributed by atoms with Crippen LogP contribution in [0.2, 0.25) is 0 Å². The van der Waals surface area contributed by atoms with Crippen LogP contribution in [0.25, 0.3) is 16.9 Å². The molecular weight excluding hydrogens is 412 g/mol. The number of aromatic nitrogens is 1. The zero-order valence-corrected chi connectivity index (χ0v) is 18.7. The molecule has 5 nitrogen and oxygen atoms in total. The summed E-state index contributed by atoms with van der Waals surface area (Å²) < 4.78 is 1.65. The lowest BCUT2D eigenvalue weighted by atomic mass is 9.98. The van der Waals surface area contributed by atoms with Crippen LogP contribution >= 0.6 is 0 Å². The highest BCUT2D eigenvalue weighted by molar-refractivity contribution is 6.01. The smallest absolute Gasteiger partial charge is 0.268 e. The fourth-order valence-electron chi connectivity index (χ4n) is 3.92. The van der Waals surface area contributed by atoms with Gasteiger partial charge in [-0.15, -0.1) is 0 Å². The number of pyridine rings is 1. The molecule has 0 saturated heterocycles. The molecule has 0 bridgehead atoms. The number of para-hydroxylation sites is 1. The van der Waals surface area contributed by atoms with Crippen molar-refractivity contribution in [3.63, 3.8) is 0 Å². The van der Waals surface area contributed by atoms with Gasteiger partial charge in [-0.2, -0.15) is 0 Å². The van der Waals surface area contributed by atoms with Gasteiger partial charge in [0, 0.05) is 11.3 Å². The highest BCUT2D eigenvalue weighted by Gasteiger charge is 2.24. The quantitative estimate of drug-likeness (QED) is 0.297. The van der Waals surface area contributed by atoms with Gasteiger partial charge in [0.05, 0.1) is 11.4 Å². The molecule has 5 heteroatoms. The molecule has 0 atom stereocenters. The van der Waals surface area contributed by atoms with E-state index in [1.165, 1.54) is 0 Å². The van der Waals surface area contributed by atoms with E-state index >= 15 is 0 Å². The molecule has 0 radical (unpaired) electrons. The monoisotopic (exact) mass is 438 g/mol. The number of rotatable bonds is 7. The van der Waals surface area contributed by atoms with Crippen LogP contribution in [0.4, 0.5) is 0 Å². The van der Waals surface area contributed by atoms with Crippen LogP contribution in [-0.4, -0.2) is 15.4 Å². The maximum Gasteiger partial charge on any atom is 0.268 e. The summed E-state index contributed by atoms with van der Waals surface area (Å²) in [5.41, 5.74) is 4.01. The Balaban J connectivity index is 1.89. The van der Waals surface area contributed by atoms with Gasteiger partial charge < -0.3 is 9.94 Å². The van der Waals surface area contributed by atoms with Crippen LogP contribution in [0.1, 0.15) is 30.5 Å². The second kappa shape index (κ2) is 10.0. The molecule has 0 spiro atoms. The SMILES string of the molecule is CCc1c(O)c(/C(C)=N/OCc2ccccc2)c(=O)n(-c2ccccc2)c1-c1ccccc1. The van der Waals surface area contributed by atoms with Crippen LogP contribution < -0.4 is 5.56 Å². The van der Waals surface area contributed by atoms with E-state index in [-0.39, 0.29) is 23.5 Å². The van der Waals surface area contributed by atoms with Crippen LogP contribution in [0.3, 0.4) is 0 Å². The van der Waals surface area contributed by atoms with Gasteiger partial charge in [0.25, 0.3) is 5.56 Å². The molecule has 1 aromatic heterocycles. The summed E-state index contributed by atoms with van der Waals surface area (Å²) >= 11 is 0. The van der Waals surface area contributed by atoms with Gasteiger partial charge in [-0.1, -0.05) is 90.9 Å². The lowest BCUT2D eigenvalue weighted by Gasteiger charge is -2.20. The van der Waals surface area contributed by atoms with E-state index in [2.05, 4.69) is 5.16 Å². The van der Waals surface area contributed by atoms with Crippen molar-refractivity contribution in [1.82, 2.24) is 4.57 Å². The van der Waals surface area contributed by atoms with Gasteiger partial charge in [-0.3, -0.25) is 9.36 Å². The molecule has 33 heavy (non-hydrogen) atoms. The van der Waals surface area contributed by atoms with E-state index < -0.39 is 0 Å². The lowest BCUT2D eigenvalue weighted by Crippen LogP contribution is -2.28. The number of aromatic hydroxyl groups is 1. The molecule has 3 aromatic carbocycles. The molecule has 0 aliphatic rings. The van der Waals surface area contributed by atoms with Gasteiger partial charge in [0.2, 0.25) is 0 Å². The van der Waals surface area contributed by atoms with Gasteiger partial charge in [0.1, 0.15) is 17.9 Å². The molecule has 166 valence electrons. The molecule has 4 rings (SSSR count). The molecule has 1 N–H and O–H groups in total. The number of oxime groups is 1. The Morgan fingerprint density at radius 2 is 1.48 bits per heavy atom. The summed E-state index contributed by atoms with van der Waals surface area (Å²) in [5, 5.41) is 15.4. The maximum atomic E-state index is 13.8. The summed E-state index contributed by atoms with van der Waals surface area (Å²) in [6.45, 7) is 3.91. The van der Waals surface area contributed by atoms with Gasteiger partial charge in [-0.25, -0.2) is 0 Å². The van der Waals surface area contributed by atoms with E-state index in [0.717, 1.165) is 16.8 Å². The third-order valence-corrected chi connectivity index (χ3v) is 5.50. The standard InChI is InChI=1S/C28H26N2O3/c1-3-24-26(22-15-9-5-10-16-22)30(23-17-11-6-12-18-23)28(32)25(27(24)31)20(2)29-33-19-21-13-7-4-8-14-21/h4-18,31H,3,19H2,1-2H3/b29-20+. The summed E-state index contributed by atoms with van der Waals surface area (Å²) in [6.07, 6.45) is 0.536. The summed E-state index contributed by atoms with van der Waals surface area (Å²) in [4.78, 5) is 19.3. The maximum absolute atomic E-state index is 13.8. The Labute approximate surface area is 193 Å². The average molecular weight is 439 g/mol. The normalized spacial score (nSPS) is 11.4. The first-order valence-electron chi connectivity index (χ1n) is 10.9. The largest absolute Gasteiger partial charge is 0.507 e. The summed E-state index contributed by atoms with van der Waals surface area (Å²) in [7, 11) is 0. The molecule has 4 aromatic rings. The number of nitrogens with zero attached hydrogens (tertiary/aromatic N) is 2. The Kier molecular flexibility index (Phi) is 6.69. The van der Waals surface area contributed by atoms with Crippen molar-refractivity contribution >= 4 is 5.71 Å². The number of hydrogen-bond acceptors (Lipinski definition) is 4. The Bertz CT molecular complexity index is 1310. The van der Waals surface area contributed by atoms with Crippen molar-refractivity contribution < 1.29 is 9.94 Å². The van der Waals surface area contributed by atoms with Crippen molar-refractivity contribution in [2.45, 2.75) is 26.9 Å². The molecule has 1 heterocycles. The van der Waals surface area contributed by atoms with Gasteiger partial charge in [0.15, 0.2) is 0 Å². The predicted molar refractivity (Wildman–Crippen MR) is 132 cm³/mol. The molecule has 0 aliphatic heterocycles. The topological polar surface area (TPSA) is 63.8 Å². The predicted octanol–water partition coefficient (Wildman–Crippen LogP) is 5.71. The first kappa shape index (κ1) is 22.1. The van der Waals surface area contributed by atoms with Crippen LogP contribution in [-0.2, 0) is 17.9 Å². The molecule has 0 aliphatic carbocycles. The van der Waals surface area contributed by atoms with Crippen molar-refractivity contribution in [2.75, 3.05) is 0 Å². The van der Waals surface area contributed by atoms with Crippen molar-refractivity contribution in [2.24, 2.45) is 5.16 Å². The van der Waals surface area contributed by atoms with Crippen LogP contribution in [0, 0.1) is 0 Å². The Morgan fingerprint density at radius 1 is 0.909 bits per heavy atom. The fraction of sp³-hybridized carbons (Fsp3) is 0.143. The van der Waals surface area contributed by atoms with Crippen LogP contribution in [0.15, 0.2) is 101 Å². The van der Waals surface area contributed by atoms with E-state index in [9.17, 15) is 9.90 Å². The summed E-state index contributed by atoms with van der Waals surface area (Å²) in [6, 6.07) is 28.8. The van der Waals surface area contributed by atoms with E-state index in [1.54, 1.807) is 11.5 Å². The average Bonchev–Trinajstić information content (AvgIpc) is 2.85. The molecular formula is C28H26N2O3. The minimum absolute atomic E-state index is 0.0573. The zero-order valence-electron chi connectivity index (χ0n) is 18.7. The first-order chi connectivity index (χ1) is 16.1. The van der Waals surface area contributed by atoms with E-state index in [0.29, 0.717) is 23.4 Å². The molecule has 0 fully saturated rings. The molecule has 0 unspecified atom stereocenters. The van der Waals surface area contributed by atoms with Crippen molar-refractivity contribution in [1.29, 1.82) is 0 Å². The van der Waals surface area contributed by atoms with Crippen LogP contribution in [0.5, 0.6) is 5.75 Å². The fourth-order valence-corrected chi connectivity index (χ4v) is 3.92. The number of hydrogen-bond donors (Lipinski definition) is 1. The third kappa shape index (κ3) is 4.58. The van der Waals surface area contributed by atoms with E-state index in [4.69, 9.17) is 4.84 Å². The van der Waals surface area contributed by atoms with Crippen molar-refractivity contribution in [3.05, 3.63) is 118 Å². The highest BCUT2D eigenvalue weighted by atomic mass is 16.6. The third-order valence-electron chi connectivity index (χ3n) is 5.50. The Morgan fingerprint density at radius 3 is 2.09 bits per heavy atom. The molecule has 0 amide bonds. The molecule has 0 saturated carbocycles.